The van der Waals surface area contributed by atoms with E-state index in [-0.39, 0.29) is 0 Å². The zero-order valence-electron chi connectivity index (χ0n) is 9.58. The molecule has 1 N–H and O–H groups in total. The summed E-state index contributed by atoms with van der Waals surface area (Å²) in [6, 6.07) is 2.06. The molecule has 2 heterocycles. The highest BCUT2D eigenvalue weighted by Crippen LogP contribution is 2.31. The zero-order chi connectivity index (χ0) is 11.6. The van der Waals surface area contributed by atoms with Gasteiger partial charge in [-0.1, -0.05) is 0 Å². The van der Waals surface area contributed by atoms with Crippen molar-refractivity contribution in [1.29, 1.82) is 0 Å². The maximum atomic E-state index is 10.6. The van der Waals surface area contributed by atoms with E-state index in [0.717, 1.165) is 43.2 Å². The van der Waals surface area contributed by atoms with Crippen LogP contribution in [0.3, 0.4) is 0 Å². The molecule has 1 aromatic rings. The van der Waals surface area contributed by atoms with Crippen LogP contribution in [0.4, 0.5) is 0 Å². The van der Waals surface area contributed by atoms with Crippen LogP contribution in [0.25, 0.3) is 0 Å². The minimum atomic E-state index is -0.502. The lowest BCUT2D eigenvalue weighted by Crippen LogP contribution is -2.32. The van der Waals surface area contributed by atoms with E-state index in [1.807, 2.05) is 0 Å². The average molecular weight is 304 g/mol. The van der Waals surface area contributed by atoms with Gasteiger partial charge < -0.3 is 10.0 Å². The quantitative estimate of drug-likeness (QED) is 0.908. The predicted molar refractivity (Wildman–Crippen MR) is 72.0 cm³/mol. The SMILES string of the molecule is CN1CCCC(O)(Cc2sccc2Br)CC1. The van der Waals surface area contributed by atoms with Gasteiger partial charge in [0.1, 0.15) is 0 Å². The molecule has 0 amide bonds. The third kappa shape index (κ3) is 3.06. The monoisotopic (exact) mass is 303 g/mol. The smallest absolute Gasteiger partial charge is 0.0708 e. The Morgan fingerprint density at radius 1 is 1.50 bits per heavy atom. The summed E-state index contributed by atoms with van der Waals surface area (Å²) in [5.41, 5.74) is -0.502. The molecular weight excluding hydrogens is 286 g/mol. The summed E-state index contributed by atoms with van der Waals surface area (Å²) >= 11 is 5.27. The standard InChI is InChI=1S/C12H18BrNOS/c1-14-6-2-4-12(15,5-7-14)9-11-10(13)3-8-16-11/h3,8,15H,2,4-7,9H2,1H3. The maximum absolute atomic E-state index is 10.6. The molecule has 1 saturated heterocycles. The number of hydrogen-bond donors (Lipinski definition) is 1. The molecule has 0 saturated carbocycles. The number of thiophene rings is 1. The third-order valence-electron chi connectivity index (χ3n) is 3.32. The van der Waals surface area contributed by atoms with E-state index >= 15 is 0 Å². The minimum Gasteiger partial charge on any atom is -0.389 e. The van der Waals surface area contributed by atoms with Crippen molar-refractivity contribution >= 4 is 27.3 Å². The molecule has 1 aromatic heterocycles. The molecule has 2 nitrogen and oxygen atoms in total. The Morgan fingerprint density at radius 3 is 3.00 bits per heavy atom. The van der Waals surface area contributed by atoms with E-state index in [1.165, 1.54) is 4.88 Å². The Morgan fingerprint density at radius 2 is 2.31 bits per heavy atom. The number of halogens is 1. The van der Waals surface area contributed by atoms with Gasteiger partial charge in [0, 0.05) is 22.3 Å². The lowest BCUT2D eigenvalue weighted by atomic mass is 9.90. The Kier molecular flexibility index (Phi) is 4.06. The molecule has 0 aromatic carbocycles. The Balaban J connectivity index is 2.04. The molecule has 2 rings (SSSR count). The van der Waals surface area contributed by atoms with Gasteiger partial charge in [-0.15, -0.1) is 11.3 Å². The molecule has 1 unspecified atom stereocenters. The molecule has 1 fully saturated rings. The summed E-state index contributed by atoms with van der Waals surface area (Å²) in [5.74, 6) is 0. The number of likely N-dealkylation sites (tertiary alicyclic amines) is 1. The Bertz CT molecular complexity index is 355. The van der Waals surface area contributed by atoms with Gasteiger partial charge in [0.2, 0.25) is 0 Å². The van der Waals surface area contributed by atoms with Crippen molar-refractivity contribution in [3.05, 3.63) is 20.8 Å². The van der Waals surface area contributed by atoms with Crippen LogP contribution in [0.1, 0.15) is 24.1 Å². The van der Waals surface area contributed by atoms with Crippen molar-refractivity contribution in [2.24, 2.45) is 0 Å². The highest BCUT2D eigenvalue weighted by Gasteiger charge is 2.30. The summed E-state index contributed by atoms with van der Waals surface area (Å²) in [5, 5.41) is 12.7. The second kappa shape index (κ2) is 5.17. The minimum absolute atomic E-state index is 0.502. The van der Waals surface area contributed by atoms with Gasteiger partial charge in [0.05, 0.1) is 5.60 Å². The van der Waals surface area contributed by atoms with Crippen molar-refractivity contribution in [1.82, 2.24) is 4.90 Å². The Hall–Kier alpha value is 0.100. The van der Waals surface area contributed by atoms with Crippen LogP contribution >= 0.6 is 27.3 Å². The summed E-state index contributed by atoms with van der Waals surface area (Å²) < 4.78 is 1.14. The fourth-order valence-electron chi connectivity index (χ4n) is 2.24. The van der Waals surface area contributed by atoms with Gasteiger partial charge >= 0.3 is 0 Å². The summed E-state index contributed by atoms with van der Waals surface area (Å²) in [4.78, 5) is 3.58. The molecule has 16 heavy (non-hydrogen) atoms. The molecule has 0 bridgehead atoms. The number of nitrogens with zero attached hydrogens (tertiary/aromatic N) is 1. The molecule has 0 spiro atoms. The van der Waals surface area contributed by atoms with Crippen molar-refractivity contribution in [2.45, 2.75) is 31.3 Å². The summed E-state index contributed by atoms with van der Waals surface area (Å²) in [6.07, 6.45) is 3.69. The number of rotatable bonds is 2. The molecule has 0 aliphatic carbocycles. The normalized spacial score (nSPS) is 27.9. The number of aliphatic hydroxyl groups is 1. The summed E-state index contributed by atoms with van der Waals surface area (Å²) in [7, 11) is 2.13. The van der Waals surface area contributed by atoms with Crippen LogP contribution in [0, 0.1) is 0 Å². The highest BCUT2D eigenvalue weighted by atomic mass is 79.9. The molecule has 4 heteroatoms. The van der Waals surface area contributed by atoms with E-state index in [1.54, 1.807) is 11.3 Å². The van der Waals surface area contributed by atoms with Crippen LogP contribution in [0.2, 0.25) is 0 Å². The fraction of sp³-hybridized carbons (Fsp3) is 0.667. The first-order valence-electron chi connectivity index (χ1n) is 5.72. The highest BCUT2D eigenvalue weighted by molar-refractivity contribution is 9.10. The lowest BCUT2D eigenvalue weighted by Gasteiger charge is -2.26. The maximum Gasteiger partial charge on any atom is 0.0708 e. The van der Waals surface area contributed by atoms with Crippen LogP contribution < -0.4 is 0 Å². The largest absolute Gasteiger partial charge is 0.389 e. The van der Waals surface area contributed by atoms with Crippen LogP contribution in [0.5, 0.6) is 0 Å². The second-order valence-electron chi connectivity index (χ2n) is 4.75. The van der Waals surface area contributed by atoms with E-state index in [4.69, 9.17) is 0 Å². The molecule has 1 aliphatic heterocycles. The first-order chi connectivity index (χ1) is 7.59. The van der Waals surface area contributed by atoms with E-state index in [0.29, 0.717) is 0 Å². The predicted octanol–water partition coefficient (Wildman–Crippen LogP) is 2.90. The van der Waals surface area contributed by atoms with Crippen LogP contribution in [0.15, 0.2) is 15.9 Å². The third-order valence-corrected chi connectivity index (χ3v) is 5.25. The van der Waals surface area contributed by atoms with Gasteiger partial charge in [-0.3, -0.25) is 0 Å². The van der Waals surface area contributed by atoms with Gasteiger partial charge in [-0.25, -0.2) is 0 Å². The topological polar surface area (TPSA) is 23.5 Å². The first-order valence-corrected chi connectivity index (χ1v) is 7.39. The van der Waals surface area contributed by atoms with E-state index in [9.17, 15) is 5.11 Å². The molecule has 90 valence electrons. The fourth-order valence-corrected chi connectivity index (χ4v) is 3.87. The van der Waals surface area contributed by atoms with Crippen LogP contribution in [-0.4, -0.2) is 35.7 Å². The van der Waals surface area contributed by atoms with Crippen molar-refractivity contribution in [3.63, 3.8) is 0 Å². The second-order valence-corrected chi connectivity index (χ2v) is 6.60. The van der Waals surface area contributed by atoms with Crippen molar-refractivity contribution < 1.29 is 5.11 Å². The van der Waals surface area contributed by atoms with Gasteiger partial charge in [0.15, 0.2) is 0 Å². The van der Waals surface area contributed by atoms with Gasteiger partial charge in [0.25, 0.3) is 0 Å². The molecule has 1 atom stereocenters. The van der Waals surface area contributed by atoms with Crippen LogP contribution in [-0.2, 0) is 6.42 Å². The molecule has 1 aliphatic rings. The molecule has 0 radical (unpaired) electrons. The van der Waals surface area contributed by atoms with Crippen molar-refractivity contribution in [3.8, 4) is 0 Å². The van der Waals surface area contributed by atoms with E-state index in [2.05, 4.69) is 39.3 Å². The van der Waals surface area contributed by atoms with Crippen molar-refractivity contribution in [2.75, 3.05) is 20.1 Å². The molecular formula is C12H18BrNOS. The van der Waals surface area contributed by atoms with Gasteiger partial charge in [-0.2, -0.15) is 0 Å². The lowest BCUT2D eigenvalue weighted by molar-refractivity contribution is 0.0269. The summed E-state index contributed by atoms with van der Waals surface area (Å²) in [6.45, 7) is 2.10. The number of hydrogen-bond acceptors (Lipinski definition) is 3. The average Bonchev–Trinajstić information content (AvgIpc) is 2.53. The zero-order valence-corrected chi connectivity index (χ0v) is 12.0. The van der Waals surface area contributed by atoms with E-state index < -0.39 is 5.60 Å². The van der Waals surface area contributed by atoms with Gasteiger partial charge in [-0.05, 0) is 60.2 Å². The first kappa shape index (κ1) is 12.6. The Labute approximate surface area is 109 Å².